The van der Waals surface area contributed by atoms with Gasteiger partial charge in [0, 0.05) is 0 Å². The predicted molar refractivity (Wildman–Crippen MR) is 61.6 cm³/mol. The fourth-order valence-electron chi connectivity index (χ4n) is 1.63. The third kappa shape index (κ3) is 2.32. The molecule has 0 radical (unpaired) electrons. The minimum absolute atomic E-state index is 0.0579. The summed E-state index contributed by atoms with van der Waals surface area (Å²) in [4.78, 5) is 0. The van der Waals surface area contributed by atoms with Gasteiger partial charge < -0.3 is 5.11 Å². The second-order valence-electron chi connectivity index (χ2n) is 3.66. The van der Waals surface area contributed by atoms with Gasteiger partial charge in [0.1, 0.15) is 18.0 Å². The molecule has 0 saturated carbocycles. The Bertz CT molecular complexity index is 560. The van der Waals surface area contributed by atoms with Crippen molar-refractivity contribution in [2.75, 3.05) is 0 Å². The topological polar surface area (TPSA) is 44.0 Å². The molecule has 84 valence electrons. The molecule has 2 aromatic carbocycles. The first kappa shape index (κ1) is 11.3. The Labute approximate surface area is 98.6 Å². The zero-order valence-corrected chi connectivity index (χ0v) is 8.97. The van der Waals surface area contributed by atoms with Crippen LogP contribution in [0.25, 0.3) is 0 Å². The minimum Gasteiger partial charge on any atom is -0.384 e. The monoisotopic (exact) mass is 227 g/mol. The second kappa shape index (κ2) is 4.77. The Morgan fingerprint density at radius 2 is 1.76 bits per heavy atom. The van der Waals surface area contributed by atoms with Crippen LogP contribution < -0.4 is 0 Å². The quantitative estimate of drug-likeness (QED) is 0.857. The number of nitrogens with zero attached hydrogens (tertiary/aromatic N) is 1. The Morgan fingerprint density at radius 3 is 2.41 bits per heavy atom. The van der Waals surface area contributed by atoms with Crippen molar-refractivity contribution in [3.63, 3.8) is 0 Å². The number of nitriles is 1. The van der Waals surface area contributed by atoms with Gasteiger partial charge in [-0.25, -0.2) is 4.39 Å². The normalized spacial score (nSPS) is 11.8. The Hall–Kier alpha value is -2.18. The van der Waals surface area contributed by atoms with E-state index >= 15 is 0 Å². The smallest absolute Gasteiger partial charge is 0.140 e. The van der Waals surface area contributed by atoms with Crippen molar-refractivity contribution in [1.29, 1.82) is 5.26 Å². The lowest BCUT2D eigenvalue weighted by molar-refractivity contribution is 0.220. The van der Waals surface area contributed by atoms with E-state index in [0.717, 1.165) is 0 Å². The SMILES string of the molecule is N#Cc1cc(C(O)c2ccccc2)ccc1F. The Morgan fingerprint density at radius 1 is 1.06 bits per heavy atom. The van der Waals surface area contributed by atoms with E-state index < -0.39 is 11.9 Å². The Kier molecular flexibility index (Phi) is 3.17. The lowest BCUT2D eigenvalue weighted by atomic mass is 10.00. The van der Waals surface area contributed by atoms with Crippen molar-refractivity contribution in [3.8, 4) is 6.07 Å². The molecule has 17 heavy (non-hydrogen) atoms. The van der Waals surface area contributed by atoms with E-state index in [-0.39, 0.29) is 5.56 Å². The fourth-order valence-corrected chi connectivity index (χ4v) is 1.63. The zero-order valence-electron chi connectivity index (χ0n) is 8.97. The number of hydrogen-bond donors (Lipinski definition) is 1. The number of aliphatic hydroxyl groups is 1. The van der Waals surface area contributed by atoms with E-state index in [1.807, 2.05) is 18.2 Å². The summed E-state index contributed by atoms with van der Waals surface area (Å²) < 4.78 is 13.1. The summed E-state index contributed by atoms with van der Waals surface area (Å²) in [6.07, 6.45) is -0.844. The van der Waals surface area contributed by atoms with Gasteiger partial charge in [-0.2, -0.15) is 5.26 Å². The number of hydrogen-bond acceptors (Lipinski definition) is 2. The van der Waals surface area contributed by atoms with Gasteiger partial charge in [-0.05, 0) is 23.3 Å². The van der Waals surface area contributed by atoms with Crippen LogP contribution >= 0.6 is 0 Å². The van der Waals surface area contributed by atoms with Crippen LogP contribution in [0.15, 0.2) is 48.5 Å². The molecule has 0 saturated heterocycles. The summed E-state index contributed by atoms with van der Waals surface area (Å²) in [5.41, 5.74) is 1.16. The van der Waals surface area contributed by atoms with Crippen molar-refractivity contribution >= 4 is 0 Å². The number of halogens is 1. The van der Waals surface area contributed by atoms with Gasteiger partial charge in [-0.1, -0.05) is 36.4 Å². The van der Waals surface area contributed by atoms with Crippen LogP contribution in [0.5, 0.6) is 0 Å². The molecule has 1 N–H and O–H groups in total. The molecule has 0 bridgehead atoms. The van der Waals surface area contributed by atoms with Crippen molar-refractivity contribution in [2.24, 2.45) is 0 Å². The summed E-state index contributed by atoms with van der Waals surface area (Å²) in [7, 11) is 0. The molecule has 0 aliphatic carbocycles. The maximum atomic E-state index is 13.1. The third-order valence-electron chi connectivity index (χ3n) is 2.54. The molecular weight excluding hydrogens is 217 g/mol. The molecule has 0 aromatic heterocycles. The molecule has 0 spiro atoms. The van der Waals surface area contributed by atoms with Gasteiger partial charge in [-0.3, -0.25) is 0 Å². The van der Waals surface area contributed by atoms with Crippen LogP contribution in [0.3, 0.4) is 0 Å². The molecule has 3 heteroatoms. The van der Waals surface area contributed by atoms with Crippen LogP contribution in [0.1, 0.15) is 22.8 Å². The fraction of sp³-hybridized carbons (Fsp3) is 0.0714. The first-order chi connectivity index (χ1) is 8.22. The van der Waals surface area contributed by atoms with Gasteiger partial charge >= 0.3 is 0 Å². The van der Waals surface area contributed by atoms with Crippen molar-refractivity contribution < 1.29 is 9.50 Å². The third-order valence-corrected chi connectivity index (χ3v) is 2.54. The van der Waals surface area contributed by atoms with Gasteiger partial charge in [0.2, 0.25) is 0 Å². The highest BCUT2D eigenvalue weighted by Gasteiger charge is 2.12. The standard InChI is InChI=1S/C14H10FNO/c15-13-7-6-11(8-12(13)9-16)14(17)10-4-2-1-3-5-10/h1-8,14,17H. The largest absolute Gasteiger partial charge is 0.384 e. The maximum Gasteiger partial charge on any atom is 0.140 e. The lowest BCUT2D eigenvalue weighted by Gasteiger charge is -2.11. The number of rotatable bonds is 2. The molecule has 2 aromatic rings. The van der Waals surface area contributed by atoms with Crippen molar-refractivity contribution in [1.82, 2.24) is 0 Å². The first-order valence-corrected chi connectivity index (χ1v) is 5.15. The second-order valence-corrected chi connectivity index (χ2v) is 3.66. The van der Waals surface area contributed by atoms with Crippen LogP contribution in [0.4, 0.5) is 4.39 Å². The molecule has 1 atom stereocenters. The molecule has 0 aliphatic rings. The highest BCUT2D eigenvalue weighted by Crippen LogP contribution is 2.23. The van der Waals surface area contributed by atoms with E-state index in [1.165, 1.54) is 18.2 Å². The molecule has 0 heterocycles. The molecule has 2 nitrogen and oxygen atoms in total. The van der Waals surface area contributed by atoms with Crippen molar-refractivity contribution in [2.45, 2.75) is 6.10 Å². The number of aliphatic hydroxyl groups excluding tert-OH is 1. The zero-order chi connectivity index (χ0) is 12.3. The van der Waals surface area contributed by atoms with Gasteiger partial charge in [0.05, 0.1) is 5.56 Å². The average Bonchev–Trinajstić information content (AvgIpc) is 2.39. The lowest BCUT2D eigenvalue weighted by Crippen LogP contribution is -2.00. The summed E-state index contributed by atoms with van der Waals surface area (Å²) in [6.45, 7) is 0. The van der Waals surface area contributed by atoms with E-state index in [1.54, 1.807) is 18.2 Å². The summed E-state index contributed by atoms with van der Waals surface area (Å²) >= 11 is 0. The van der Waals surface area contributed by atoms with E-state index in [4.69, 9.17) is 5.26 Å². The highest BCUT2D eigenvalue weighted by molar-refractivity contribution is 5.38. The van der Waals surface area contributed by atoms with Gasteiger partial charge in [0.25, 0.3) is 0 Å². The molecule has 0 fully saturated rings. The van der Waals surface area contributed by atoms with E-state index in [2.05, 4.69) is 0 Å². The molecule has 0 amide bonds. The summed E-state index contributed by atoms with van der Waals surface area (Å²) in [5.74, 6) is -0.573. The van der Waals surface area contributed by atoms with Crippen LogP contribution in [0, 0.1) is 17.1 Å². The summed E-state index contributed by atoms with van der Waals surface area (Å²) in [5, 5.41) is 18.8. The van der Waals surface area contributed by atoms with Crippen molar-refractivity contribution in [3.05, 3.63) is 71.0 Å². The molecule has 2 rings (SSSR count). The Balaban J connectivity index is 2.39. The molecular formula is C14H10FNO. The van der Waals surface area contributed by atoms with Crippen LogP contribution in [-0.4, -0.2) is 5.11 Å². The first-order valence-electron chi connectivity index (χ1n) is 5.15. The van der Waals surface area contributed by atoms with Crippen LogP contribution in [-0.2, 0) is 0 Å². The maximum absolute atomic E-state index is 13.1. The van der Waals surface area contributed by atoms with Crippen LogP contribution in [0.2, 0.25) is 0 Å². The van der Waals surface area contributed by atoms with E-state index in [0.29, 0.717) is 11.1 Å². The minimum atomic E-state index is -0.844. The predicted octanol–water partition coefficient (Wildman–Crippen LogP) is 2.78. The molecule has 0 aliphatic heterocycles. The van der Waals surface area contributed by atoms with E-state index in [9.17, 15) is 9.50 Å². The number of benzene rings is 2. The average molecular weight is 227 g/mol. The van der Waals surface area contributed by atoms with Gasteiger partial charge in [0.15, 0.2) is 0 Å². The summed E-state index contributed by atoms with van der Waals surface area (Å²) in [6, 6.07) is 14.8. The molecule has 1 unspecified atom stereocenters. The highest BCUT2D eigenvalue weighted by atomic mass is 19.1. The van der Waals surface area contributed by atoms with Gasteiger partial charge in [-0.15, -0.1) is 0 Å².